The molecule has 1 atom stereocenters. The molecular weight excluding hydrogens is 424 g/mol. The van der Waals surface area contributed by atoms with E-state index in [1.165, 1.54) is 11.9 Å². The molecule has 1 N–H and O–H groups in total. The Bertz CT molecular complexity index is 1080. The average Bonchev–Trinajstić information content (AvgIpc) is 3.18. The Balaban J connectivity index is 1.29. The first kappa shape index (κ1) is 23.3. The molecule has 2 heterocycles. The number of hydrogen-bond acceptors (Lipinski definition) is 4. The third-order valence-electron chi connectivity index (χ3n) is 6.26. The summed E-state index contributed by atoms with van der Waals surface area (Å²) in [5.74, 6) is -2.07. The molecule has 1 unspecified atom stereocenters. The number of amides is 1. The number of carbonyl (C=O) groups excluding carboxylic acids is 1. The number of rotatable bonds is 8. The van der Waals surface area contributed by atoms with E-state index >= 15 is 0 Å². The molecule has 4 rings (SSSR count). The van der Waals surface area contributed by atoms with E-state index in [0.717, 1.165) is 51.4 Å². The Hall–Kier alpha value is -2.84. The van der Waals surface area contributed by atoms with E-state index in [0.29, 0.717) is 17.6 Å². The van der Waals surface area contributed by atoms with Crippen molar-refractivity contribution < 1.29 is 13.6 Å². The zero-order valence-corrected chi connectivity index (χ0v) is 19.2. The van der Waals surface area contributed by atoms with Crippen LogP contribution in [0.4, 0.5) is 8.78 Å². The summed E-state index contributed by atoms with van der Waals surface area (Å²) >= 11 is 0. The minimum atomic E-state index is -0.946. The second kappa shape index (κ2) is 10.4. The molecule has 1 saturated heterocycles. The highest BCUT2D eigenvalue weighted by molar-refractivity contribution is 5.84. The zero-order chi connectivity index (χ0) is 23.4. The summed E-state index contributed by atoms with van der Waals surface area (Å²) in [4.78, 5) is 22.0. The van der Waals surface area contributed by atoms with Crippen molar-refractivity contribution in [3.05, 3.63) is 66.0 Å². The lowest BCUT2D eigenvalue weighted by Gasteiger charge is -2.34. The van der Waals surface area contributed by atoms with E-state index in [9.17, 15) is 13.6 Å². The van der Waals surface area contributed by atoms with Gasteiger partial charge in [0.1, 0.15) is 6.04 Å². The molecule has 1 aliphatic heterocycles. The van der Waals surface area contributed by atoms with Gasteiger partial charge in [-0.05, 0) is 11.5 Å². The molecule has 0 aliphatic carbocycles. The van der Waals surface area contributed by atoms with E-state index in [4.69, 9.17) is 0 Å². The molecule has 33 heavy (non-hydrogen) atoms. The van der Waals surface area contributed by atoms with Gasteiger partial charge >= 0.3 is 0 Å². The number of hydrogen-bond donors (Lipinski definition) is 1. The normalized spacial score (nSPS) is 16.4. The number of piperazine rings is 1. The molecular formula is C25H31F2N5O. The van der Waals surface area contributed by atoms with Crippen molar-refractivity contribution in [3.8, 4) is 0 Å². The highest BCUT2D eigenvalue weighted by atomic mass is 19.2. The molecule has 2 aromatic carbocycles. The van der Waals surface area contributed by atoms with Gasteiger partial charge in [-0.2, -0.15) is 0 Å². The van der Waals surface area contributed by atoms with E-state index in [2.05, 4.69) is 44.4 Å². The van der Waals surface area contributed by atoms with E-state index in [1.807, 2.05) is 19.9 Å². The highest BCUT2D eigenvalue weighted by Crippen LogP contribution is 2.25. The van der Waals surface area contributed by atoms with Crippen molar-refractivity contribution in [2.75, 3.05) is 39.3 Å². The van der Waals surface area contributed by atoms with Crippen LogP contribution < -0.4 is 5.32 Å². The molecule has 1 amide bonds. The van der Waals surface area contributed by atoms with Crippen LogP contribution in [0.3, 0.4) is 0 Å². The van der Waals surface area contributed by atoms with Crippen molar-refractivity contribution in [2.24, 2.45) is 5.92 Å². The fourth-order valence-electron chi connectivity index (χ4n) is 4.45. The Morgan fingerprint density at radius 2 is 1.70 bits per heavy atom. The van der Waals surface area contributed by atoms with Gasteiger partial charge in [-0.3, -0.25) is 14.6 Å². The van der Waals surface area contributed by atoms with Crippen molar-refractivity contribution in [1.29, 1.82) is 0 Å². The van der Waals surface area contributed by atoms with Gasteiger partial charge < -0.3 is 9.88 Å². The maximum atomic E-state index is 13.8. The summed E-state index contributed by atoms with van der Waals surface area (Å²) < 4.78 is 29.0. The van der Waals surface area contributed by atoms with Gasteiger partial charge in [0.2, 0.25) is 5.91 Å². The molecule has 176 valence electrons. The quantitative estimate of drug-likeness (QED) is 0.565. The minimum absolute atomic E-state index is 0.0444. The van der Waals surface area contributed by atoms with Crippen molar-refractivity contribution in [2.45, 2.75) is 26.4 Å². The lowest BCUT2D eigenvalue weighted by atomic mass is 10.0. The number of fused-ring (bicyclic) bond motifs is 1. The van der Waals surface area contributed by atoms with Gasteiger partial charge in [0.25, 0.3) is 0 Å². The summed E-state index contributed by atoms with van der Waals surface area (Å²) in [7, 11) is 0. The first-order valence-corrected chi connectivity index (χ1v) is 11.5. The number of halogens is 2. The standard InChI is InChI=1S/C25H31F2N5O/c1-18(2)24(32-17-29-22-14-20(26)21(27)15-23(22)32)25(33)28-8-9-30-10-12-31(13-11-30)16-19-6-4-3-5-7-19/h3-7,14-15,17-18,24H,8-13,16H2,1-2H3,(H,28,33). The molecule has 1 aromatic heterocycles. The molecule has 0 saturated carbocycles. The predicted octanol–water partition coefficient (Wildman–Crippen LogP) is 3.45. The Morgan fingerprint density at radius 3 is 2.39 bits per heavy atom. The van der Waals surface area contributed by atoms with Gasteiger partial charge in [-0.1, -0.05) is 44.2 Å². The lowest BCUT2D eigenvalue weighted by molar-refractivity contribution is -0.125. The van der Waals surface area contributed by atoms with Gasteiger partial charge in [0.15, 0.2) is 11.6 Å². The lowest BCUT2D eigenvalue weighted by Crippen LogP contribution is -2.48. The minimum Gasteiger partial charge on any atom is -0.353 e. The molecule has 3 aromatic rings. The Kier molecular flexibility index (Phi) is 7.35. The van der Waals surface area contributed by atoms with Gasteiger partial charge in [0, 0.05) is 57.9 Å². The molecule has 8 heteroatoms. The maximum absolute atomic E-state index is 13.8. The van der Waals surface area contributed by atoms with Gasteiger partial charge in [0.05, 0.1) is 17.4 Å². The maximum Gasteiger partial charge on any atom is 0.243 e. The van der Waals surface area contributed by atoms with Crippen LogP contribution in [-0.2, 0) is 11.3 Å². The number of imidazole rings is 1. The van der Waals surface area contributed by atoms with Crippen molar-refractivity contribution >= 4 is 16.9 Å². The second-order valence-corrected chi connectivity index (χ2v) is 8.99. The number of benzene rings is 2. The highest BCUT2D eigenvalue weighted by Gasteiger charge is 2.26. The Morgan fingerprint density at radius 1 is 1.03 bits per heavy atom. The van der Waals surface area contributed by atoms with Crippen LogP contribution in [0.25, 0.3) is 11.0 Å². The number of nitrogens with one attached hydrogen (secondary N) is 1. The van der Waals surface area contributed by atoms with E-state index < -0.39 is 17.7 Å². The monoisotopic (exact) mass is 455 g/mol. The van der Waals surface area contributed by atoms with Crippen LogP contribution in [0.2, 0.25) is 0 Å². The van der Waals surface area contributed by atoms with Crippen LogP contribution in [0, 0.1) is 17.6 Å². The van der Waals surface area contributed by atoms with Gasteiger partial charge in [-0.25, -0.2) is 13.8 Å². The molecule has 0 radical (unpaired) electrons. The van der Waals surface area contributed by atoms with Crippen LogP contribution in [0.1, 0.15) is 25.5 Å². The second-order valence-electron chi connectivity index (χ2n) is 8.99. The third-order valence-corrected chi connectivity index (χ3v) is 6.26. The number of nitrogens with zero attached hydrogens (tertiary/aromatic N) is 4. The van der Waals surface area contributed by atoms with E-state index in [1.54, 1.807) is 4.57 Å². The van der Waals surface area contributed by atoms with Crippen molar-refractivity contribution in [3.63, 3.8) is 0 Å². The largest absolute Gasteiger partial charge is 0.353 e. The van der Waals surface area contributed by atoms with Crippen LogP contribution >= 0.6 is 0 Å². The van der Waals surface area contributed by atoms with Crippen LogP contribution in [0.5, 0.6) is 0 Å². The molecule has 1 aliphatic rings. The molecule has 0 spiro atoms. The number of aromatic nitrogens is 2. The number of carbonyl (C=O) groups is 1. The van der Waals surface area contributed by atoms with E-state index in [-0.39, 0.29) is 11.8 Å². The summed E-state index contributed by atoms with van der Waals surface area (Å²) in [5, 5.41) is 3.03. The van der Waals surface area contributed by atoms with Crippen LogP contribution in [-0.4, -0.2) is 64.5 Å². The third kappa shape index (κ3) is 5.57. The fourth-order valence-corrected chi connectivity index (χ4v) is 4.45. The average molecular weight is 456 g/mol. The van der Waals surface area contributed by atoms with Gasteiger partial charge in [-0.15, -0.1) is 0 Å². The summed E-state index contributed by atoms with van der Waals surface area (Å²) in [6.07, 6.45) is 1.49. The summed E-state index contributed by atoms with van der Waals surface area (Å²) in [6, 6.07) is 12.1. The summed E-state index contributed by atoms with van der Waals surface area (Å²) in [5.41, 5.74) is 2.07. The predicted molar refractivity (Wildman–Crippen MR) is 125 cm³/mol. The molecule has 1 fully saturated rings. The molecule has 6 nitrogen and oxygen atoms in total. The van der Waals surface area contributed by atoms with Crippen molar-refractivity contribution in [1.82, 2.24) is 24.7 Å². The summed E-state index contributed by atoms with van der Waals surface area (Å²) in [6.45, 7) is 10.1. The Labute approximate surface area is 193 Å². The first-order chi connectivity index (χ1) is 15.9. The van der Waals surface area contributed by atoms with Crippen LogP contribution in [0.15, 0.2) is 48.8 Å². The topological polar surface area (TPSA) is 53.4 Å². The molecule has 0 bridgehead atoms. The smallest absolute Gasteiger partial charge is 0.243 e. The first-order valence-electron chi connectivity index (χ1n) is 11.5. The fraction of sp³-hybridized carbons (Fsp3) is 0.440. The zero-order valence-electron chi connectivity index (χ0n) is 19.2. The SMILES string of the molecule is CC(C)C(C(=O)NCCN1CCN(Cc2ccccc2)CC1)n1cnc2cc(F)c(F)cc21.